The molecule has 25 heavy (non-hydrogen) atoms. The number of fused-ring (bicyclic) bond motifs is 1. The molecule has 134 valence electrons. The first-order valence-electron chi connectivity index (χ1n) is 8.63. The number of anilines is 1. The fourth-order valence-corrected chi connectivity index (χ4v) is 3.18. The van der Waals surface area contributed by atoms with E-state index in [0.717, 1.165) is 47.9 Å². The Kier molecular flexibility index (Phi) is 5.50. The third kappa shape index (κ3) is 4.27. The molecule has 6 heteroatoms. The Morgan fingerprint density at radius 2 is 2.08 bits per heavy atom. The number of hydrogen-bond donors (Lipinski definition) is 1. The van der Waals surface area contributed by atoms with Crippen LogP contribution in [0.3, 0.4) is 0 Å². The number of aliphatic hydroxyl groups is 1. The van der Waals surface area contributed by atoms with Crippen LogP contribution in [0.25, 0.3) is 0 Å². The lowest BCUT2D eigenvalue weighted by Crippen LogP contribution is -2.39. The maximum absolute atomic E-state index is 10.4. The second-order valence-corrected chi connectivity index (χ2v) is 6.73. The molecular weight excluding hydrogens is 316 g/mol. The summed E-state index contributed by atoms with van der Waals surface area (Å²) in [5.41, 5.74) is 3.35. The summed E-state index contributed by atoms with van der Waals surface area (Å²) >= 11 is 0. The van der Waals surface area contributed by atoms with Gasteiger partial charge in [0, 0.05) is 45.7 Å². The zero-order valence-corrected chi connectivity index (χ0v) is 15.1. The number of aliphatic hydroxyl groups excluding tert-OH is 1. The minimum absolute atomic E-state index is 0.292. The number of aryl methyl sites for hydroxylation is 1. The van der Waals surface area contributed by atoms with E-state index in [0.29, 0.717) is 13.2 Å². The van der Waals surface area contributed by atoms with Gasteiger partial charge < -0.3 is 14.7 Å². The molecule has 1 N–H and O–H groups in total. The quantitative estimate of drug-likeness (QED) is 0.861. The van der Waals surface area contributed by atoms with Gasteiger partial charge in [-0.1, -0.05) is 18.2 Å². The van der Waals surface area contributed by atoms with Crippen molar-refractivity contribution in [2.24, 2.45) is 0 Å². The molecule has 0 spiro atoms. The first kappa shape index (κ1) is 17.6. The Morgan fingerprint density at radius 3 is 2.84 bits per heavy atom. The molecule has 0 fully saturated rings. The van der Waals surface area contributed by atoms with Crippen LogP contribution in [-0.4, -0.2) is 59.9 Å². The van der Waals surface area contributed by atoms with Crippen LogP contribution in [0.2, 0.25) is 0 Å². The van der Waals surface area contributed by atoms with Crippen molar-refractivity contribution in [1.29, 1.82) is 0 Å². The maximum atomic E-state index is 10.4. The van der Waals surface area contributed by atoms with Gasteiger partial charge in [0.15, 0.2) is 0 Å². The third-order valence-electron chi connectivity index (χ3n) is 4.48. The van der Waals surface area contributed by atoms with Gasteiger partial charge in [-0.25, -0.2) is 9.97 Å². The number of β-amino-alcohol motifs (C(OH)–C–C–N with tert-alkyl or cyclic N) is 1. The number of nitrogens with zero attached hydrogens (tertiary/aromatic N) is 4. The van der Waals surface area contributed by atoms with Crippen LogP contribution in [-0.2, 0) is 13.0 Å². The van der Waals surface area contributed by atoms with Crippen LogP contribution in [0.15, 0.2) is 30.6 Å². The summed E-state index contributed by atoms with van der Waals surface area (Å²) in [7, 11) is 3.98. The Labute approximate surface area is 149 Å². The maximum Gasteiger partial charge on any atom is 0.136 e. The molecule has 0 radical (unpaired) electrons. The molecule has 6 nitrogen and oxygen atoms in total. The van der Waals surface area contributed by atoms with Crippen LogP contribution < -0.4 is 9.64 Å². The minimum atomic E-state index is -0.534. The first-order chi connectivity index (χ1) is 12.0. The lowest BCUT2D eigenvalue weighted by Gasteiger charge is -2.31. The molecule has 0 aliphatic carbocycles. The van der Waals surface area contributed by atoms with Crippen molar-refractivity contribution in [1.82, 2.24) is 14.9 Å². The van der Waals surface area contributed by atoms with E-state index < -0.39 is 6.10 Å². The summed E-state index contributed by atoms with van der Waals surface area (Å²) in [6, 6.07) is 7.86. The van der Waals surface area contributed by atoms with E-state index in [1.165, 1.54) is 0 Å². The van der Waals surface area contributed by atoms with Gasteiger partial charge >= 0.3 is 0 Å². The molecule has 1 aromatic heterocycles. The van der Waals surface area contributed by atoms with Crippen molar-refractivity contribution < 1.29 is 9.84 Å². The van der Waals surface area contributed by atoms with E-state index >= 15 is 0 Å². The summed E-state index contributed by atoms with van der Waals surface area (Å²) < 4.78 is 5.76. The average molecular weight is 342 g/mol. The molecule has 0 saturated carbocycles. The highest BCUT2D eigenvalue weighted by Crippen LogP contribution is 2.24. The van der Waals surface area contributed by atoms with Gasteiger partial charge in [-0.2, -0.15) is 0 Å². The summed E-state index contributed by atoms with van der Waals surface area (Å²) in [4.78, 5) is 13.1. The van der Waals surface area contributed by atoms with Crippen molar-refractivity contribution in [3.63, 3.8) is 0 Å². The molecule has 2 aromatic rings. The van der Waals surface area contributed by atoms with Crippen molar-refractivity contribution in [3.05, 3.63) is 47.4 Å². The molecule has 1 atom stereocenters. The van der Waals surface area contributed by atoms with Crippen molar-refractivity contribution >= 4 is 5.82 Å². The normalized spacial score (nSPS) is 15.5. The molecule has 1 aliphatic rings. The van der Waals surface area contributed by atoms with Crippen molar-refractivity contribution in [2.75, 3.05) is 38.7 Å². The third-order valence-corrected chi connectivity index (χ3v) is 4.48. The minimum Gasteiger partial charge on any atom is -0.491 e. The number of hydrogen-bond acceptors (Lipinski definition) is 6. The Morgan fingerprint density at radius 1 is 1.28 bits per heavy atom. The smallest absolute Gasteiger partial charge is 0.136 e. The van der Waals surface area contributed by atoms with Crippen LogP contribution in [0.4, 0.5) is 5.82 Å². The summed E-state index contributed by atoms with van der Waals surface area (Å²) in [5, 5.41) is 10.4. The van der Waals surface area contributed by atoms with Gasteiger partial charge in [-0.15, -0.1) is 0 Å². The molecule has 1 aromatic carbocycles. The number of ether oxygens (including phenoxy) is 1. The van der Waals surface area contributed by atoms with Gasteiger partial charge in [0.05, 0.1) is 5.69 Å². The Bertz CT molecular complexity index is 720. The molecule has 2 heterocycles. The number of aromatic nitrogens is 2. The Balaban J connectivity index is 1.58. The van der Waals surface area contributed by atoms with Crippen LogP contribution in [0.1, 0.15) is 16.8 Å². The number of benzene rings is 1. The number of para-hydroxylation sites is 1. The average Bonchev–Trinajstić information content (AvgIpc) is 2.60. The standard InChI is InChI=1S/C19H26N4O2/c1-14-6-4-5-7-18(14)25-12-15(24)10-23-9-8-17-16(11-23)19(22(2)3)21-13-20-17/h4-7,13,15,24H,8-12H2,1-3H3/t15-/m1/s1. The SMILES string of the molecule is Cc1ccccc1OC[C@H](O)CN1CCc2ncnc(N(C)C)c2C1. The van der Waals surface area contributed by atoms with Crippen LogP contribution >= 0.6 is 0 Å². The zero-order valence-electron chi connectivity index (χ0n) is 15.1. The first-order valence-corrected chi connectivity index (χ1v) is 8.63. The highest BCUT2D eigenvalue weighted by molar-refractivity contribution is 5.48. The van der Waals surface area contributed by atoms with E-state index in [2.05, 4.69) is 14.9 Å². The van der Waals surface area contributed by atoms with E-state index in [-0.39, 0.29) is 0 Å². The fraction of sp³-hybridized carbons (Fsp3) is 0.474. The van der Waals surface area contributed by atoms with E-state index in [9.17, 15) is 5.11 Å². The van der Waals surface area contributed by atoms with Gasteiger partial charge in [-0.05, 0) is 18.6 Å². The largest absolute Gasteiger partial charge is 0.491 e. The molecule has 1 aliphatic heterocycles. The topological polar surface area (TPSA) is 61.7 Å². The van der Waals surface area contributed by atoms with Crippen molar-refractivity contribution in [3.8, 4) is 5.75 Å². The molecule has 0 saturated heterocycles. The zero-order chi connectivity index (χ0) is 17.8. The highest BCUT2D eigenvalue weighted by Gasteiger charge is 2.23. The van der Waals surface area contributed by atoms with E-state index in [1.807, 2.05) is 50.2 Å². The van der Waals surface area contributed by atoms with Gasteiger partial charge in [0.2, 0.25) is 0 Å². The lowest BCUT2D eigenvalue weighted by atomic mass is 10.1. The second kappa shape index (κ2) is 7.80. The van der Waals surface area contributed by atoms with Crippen molar-refractivity contribution in [2.45, 2.75) is 26.0 Å². The van der Waals surface area contributed by atoms with Gasteiger partial charge in [0.25, 0.3) is 0 Å². The summed E-state index contributed by atoms with van der Waals surface area (Å²) in [5.74, 6) is 1.79. The fourth-order valence-electron chi connectivity index (χ4n) is 3.18. The van der Waals surface area contributed by atoms with E-state index in [4.69, 9.17) is 4.74 Å². The van der Waals surface area contributed by atoms with E-state index in [1.54, 1.807) is 6.33 Å². The molecule has 0 unspecified atom stereocenters. The van der Waals surface area contributed by atoms with Crippen LogP contribution in [0.5, 0.6) is 5.75 Å². The number of rotatable bonds is 6. The summed E-state index contributed by atoms with van der Waals surface area (Å²) in [6.07, 6.45) is 1.98. The van der Waals surface area contributed by atoms with Gasteiger partial charge in [0.1, 0.15) is 30.6 Å². The monoisotopic (exact) mass is 342 g/mol. The Hall–Kier alpha value is -2.18. The highest BCUT2D eigenvalue weighted by atomic mass is 16.5. The second-order valence-electron chi connectivity index (χ2n) is 6.73. The van der Waals surface area contributed by atoms with Crippen LogP contribution in [0, 0.1) is 6.92 Å². The molecule has 0 amide bonds. The molecule has 3 rings (SSSR count). The van der Waals surface area contributed by atoms with Gasteiger partial charge in [-0.3, -0.25) is 4.90 Å². The molecule has 0 bridgehead atoms. The predicted molar refractivity (Wildman–Crippen MR) is 98.0 cm³/mol. The summed E-state index contributed by atoms with van der Waals surface area (Å²) in [6.45, 7) is 4.52. The molecular formula is C19H26N4O2. The predicted octanol–water partition coefficient (Wildman–Crippen LogP) is 1.65. The lowest BCUT2D eigenvalue weighted by molar-refractivity contribution is 0.0633.